The molecule has 0 unspecified atom stereocenters. The number of aromatic nitrogens is 1. The Balaban J connectivity index is 1.99. The number of benzene rings is 2. The predicted molar refractivity (Wildman–Crippen MR) is 86.9 cm³/mol. The van der Waals surface area contributed by atoms with Crippen molar-refractivity contribution in [2.45, 2.75) is 0 Å². The number of pyridine rings is 1. The summed E-state index contributed by atoms with van der Waals surface area (Å²) in [5.41, 5.74) is 2.70. The molecule has 1 aromatic heterocycles. The molecule has 1 nitrogen and oxygen atoms in total. The van der Waals surface area contributed by atoms with Crippen LogP contribution in [0.25, 0.3) is 22.0 Å². The maximum atomic E-state index is 6.35. The van der Waals surface area contributed by atoms with Gasteiger partial charge in [-0.3, -0.25) is 0 Å². The van der Waals surface area contributed by atoms with E-state index in [0.29, 0.717) is 10.1 Å². The molecule has 20 heavy (non-hydrogen) atoms. The molecule has 0 aliphatic carbocycles. The van der Waals surface area contributed by atoms with Crippen molar-refractivity contribution in [1.29, 1.82) is 0 Å². The van der Waals surface area contributed by atoms with Crippen LogP contribution < -0.4 is 0 Å². The minimum atomic E-state index is 0.609. The molecule has 0 saturated carbocycles. The highest BCUT2D eigenvalue weighted by Crippen LogP contribution is 2.23. The van der Waals surface area contributed by atoms with Crippen molar-refractivity contribution in [3.63, 3.8) is 0 Å². The largest absolute Gasteiger partial charge is 0.247 e. The molecule has 0 aliphatic rings. The number of hydrogen-bond acceptors (Lipinski definition) is 1. The van der Waals surface area contributed by atoms with E-state index >= 15 is 0 Å². The van der Waals surface area contributed by atoms with Crippen molar-refractivity contribution in [3.8, 4) is 0 Å². The summed E-state index contributed by atoms with van der Waals surface area (Å²) < 4.78 is 0. The first-order valence-corrected chi connectivity index (χ1v) is 6.97. The van der Waals surface area contributed by atoms with Crippen LogP contribution in [0.5, 0.6) is 0 Å². The van der Waals surface area contributed by atoms with Crippen molar-refractivity contribution in [3.05, 3.63) is 76.9 Å². The van der Waals surface area contributed by atoms with Gasteiger partial charge in [0.25, 0.3) is 0 Å². The first-order chi connectivity index (χ1) is 9.72. The van der Waals surface area contributed by atoms with E-state index < -0.39 is 0 Å². The molecule has 2 aromatic carbocycles. The molecule has 0 amide bonds. The van der Waals surface area contributed by atoms with Crippen LogP contribution in [0.1, 0.15) is 11.3 Å². The summed E-state index contributed by atoms with van der Waals surface area (Å²) in [4.78, 5) is 4.56. The molecule has 3 aromatic rings. The molecule has 0 fully saturated rings. The number of fused-ring (bicyclic) bond motifs is 1. The molecule has 0 N–H and O–H groups in total. The number of para-hydroxylation sites is 1. The van der Waals surface area contributed by atoms with Crippen LogP contribution >= 0.6 is 23.2 Å². The van der Waals surface area contributed by atoms with E-state index in [1.807, 2.05) is 66.7 Å². The van der Waals surface area contributed by atoms with Gasteiger partial charge in [-0.05, 0) is 35.9 Å². The fourth-order valence-corrected chi connectivity index (χ4v) is 2.34. The van der Waals surface area contributed by atoms with E-state index in [-0.39, 0.29) is 0 Å². The Labute approximate surface area is 127 Å². The van der Waals surface area contributed by atoms with E-state index in [0.717, 1.165) is 22.2 Å². The monoisotopic (exact) mass is 299 g/mol. The van der Waals surface area contributed by atoms with E-state index in [9.17, 15) is 0 Å². The standard InChI is InChI=1S/C17H11Cl2N/c18-14-8-5-12(6-9-14)11-15(19)17-10-7-13-3-1-2-4-16(13)20-17/h1-11H/b15-11-. The average molecular weight is 300 g/mol. The number of hydrogen-bond donors (Lipinski definition) is 0. The molecule has 3 rings (SSSR count). The smallest absolute Gasteiger partial charge is 0.0823 e. The number of halogens is 2. The second kappa shape index (κ2) is 5.66. The second-order valence-electron chi connectivity index (χ2n) is 4.43. The molecule has 0 radical (unpaired) electrons. The van der Waals surface area contributed by atoms with Crippen molar-refractivity contribution in [2.24, 2.45) is 0 Å². The SMILES string of the molecule is Cl/C(=C\c1ccc(Cl)cc1)c1ccc2ccccc2n1. The van der Waals surface area contributed by atoms with Crippen LogP contribution in [0.4, 0.5) is 0 Å². The summed E-state index contributed by atoms with van der Waals surface area (Å²) in [6.45, 7) is 0. The van der Waals surface area contributed by atoms with Gasteiger partial charge in [-0.2, -0.15) is 0 Å². The van der Waals surface area contributed by atoms with Crippen LogP contribution in [-0.4, -0.2) is 4.98 Å². The maximum absolute atomic E-state index is 6.35. The van der Waals surface area contributed by atoms with Crippen molar-refractivity contribution < 1.29 is 0 Å². The number of rotatable bonds is 2. The predicted octanol–water partition coefficient (Wildman–Crippen LogP) is 5.63. The Hall–Kier alpha value is -1.83. The Morgan fingerprint density at radius 2 is 1.65 bits per heavy atom. The molecule has 0 saturated heterocycles. The van der Waals surface area contributed by atoms with E-state index in [2.05, 4.69) is 4.98 Å². The average Bonchev–Trinajstić information content (AvgIpc) is 2.49. The highest BCUT2D eigenvalue weighted by Gasteiger charge is 2.02. The molecular weight excluding hydrogens is 289 g/mol. The van der Waals surface area contributed by atoms with Gasteiger partial charge in [-0.15, -0.1) is 0 Å². The minimum absolute atomic E-state index is 0.609. The fourth-order valence-electron chi connectivity index (χ4n) is 1.98. The van der Waals surface area contributed by atoms with Crippen molar-refractivity contribution in [2.75, 3.05) is 0 Å². The van der Waals surface area contributed by atoms with Gasteiger partial charge < -0.3 is 0 Å². The Kier molecular flexibility index (Phi) is 3.72. The summed E-state index contributed by atoms with van der Waals surface area (Å²) in [6, 6.07) is 19.4. The topological polar surface area (TPSA) is 12.9 Å². The summed E-state index contributed by atoms with van der Waals surface area (Å²) >= 11 is 12.2. The molecular formula is C17H11Cl2N. The lowest BCUT2D eigenvalue weighted by Gasteiger charge is -2.02. The Bertz CT molecular complexity index is 776. The summed E-state index contributed by atoms with van der Waals surface area (Å²) in [7, 11) is 0. The van der Waals surface area contributed by atoms with Gasteiger partial charge in [0.15, 0.2) is 0 Å². The molecule has 0 atom stereocenters. The lowest BCUT2D eigenvalue weighted by Crippen LogP contribution is -1.86. The molecule has 3 heteroatoms. The van der Waals surface area contributed by atoms with E-state index in [4.69, 9.17) is 23.2 Å². The summed E-state index contributed by atoms with van der Waals surface area (Å²) in [5, 5.41) is 2.42. The lowest BCUT2D eigenvalue weighted by molar-refractivity contribution is 1.37. The third-order valence-electron chi connectivity index (χ3n) is 3.01. The third-order valence-corrected chi connectivity index (χ3v) is 3.56. The molecule has 0 spiro atoms. The van der Waals surface area contributed by atoms with Gasteiger partial charge in [-0.25, -0.2) is 4.98 Å². The molecule has 98 valence electrons. The van der Waals surface area contributed by atoms with Crippen LogP contribution in [-0.2, 0) is 0 Å². The minimum Gasteiger partial charge on any atom is -0.247 e. The number of nitrogens with zero attached hydrogens (tertiary/aromatic N) is 1. The Morgan fingerprint density at radius 3 is 2.45 bits per heavy atom. The van der Waals surface area contributed by atoms with Gasteiger partial charge in [-0.1, -0.05) is 59.6 Å². The van der Waals surface area contributed by atoms with E-state index in [1.54, 1.807) is 0 Å². The van der Waals surface area contributed by atoms with Crippen molar-refractivity contribution in [1.82, 2.24) is 4.98 Å². The van der Waals surface area contributed by atoms with Gasteiger partial charge >= 0.3 is 0 Å². The van der Waals surface area contributed by atoms with Gasteiger partial charge in [0, 0.05) is 10.4 Å². The lowest BCUT2D eigenvalue weighted by atomic mass is 10.1. The molecule has 0 aliphatic heterocycles. The quantitative estimate of drug-likeness (QED) is 0.598. The van der Waals surface area contributed by atoms with Crippen LogP contribution in [0, 0.1) is 0 Å². The summed E-state index contributed by atoms with van der Waals surface area (Å²) in [5.74, 6) is 0. The normalized spacial score (nSPS) is 11.8. The zero-order chi connectivity index (χ0) is 13.9. The van der Waals surface area contributed by atoms with Gasteiger partial charge in [0.1, 0.15) is 0 Å². The summed E-state index contributed by atoms with van der Waals surface area (Å²) in [6.07, 6.45) is 1.88. The molecule has 0 bridgehead atoms. The van der Waals surface area contributed by atoms with E-state index in [1.165, 1.54) is 0 Å². The zero-order valence-corrected chi connectivity index (χ0v) is 12.1. The fraction of sp³-hybridized carbons (Fsp3) is 0. The Morgan fingerprint density at radius 1 is 0.900 bits per heavy atom. The highest BCUT2D eigenvalue weighted by molar-refractivity contribution is 6.51. The highest BCUT2D eigenvalue weighted by atomic mass is 35.5. The third kappa shape index (κ3) is 2.84. The zero-order valence-electron chi connectivity index (χ0n) is 10.6. The van der Waals surface area contributed by atoms with Gasteiger partial charge in [0.2, 0.25) is 0 Å². The van der Waals surface area contributed by atoms with Crippen molar-refractivity contribution >= 4 is 45.2 Å². The van der Waals surface area contributed by atoms with Crippen LogP contribution in [0.3, 0.4) is 0 Å². The van der Waals surface area contributed by atoms with Crippen LogP contribution in [0.15, 0.2) is 60.7 Å². The second-order valence-corrected chi connectivity index (χ2v) is 5.28. The van der Waals surface area contributed by atoms with Crippen LogP contribution in [0.2, 0.25) is 5.02 Å². The maximum Gasteiger partial charge on any atom is 0.0823 e. The van der Waals surface area contributed by atoms with Gasteiger partial charge in [0.05, 0.1) is 16.2 Å². The first-order valence-electron chi connectivity index (χ1n) is 6.21. The first kappa shape index (κ1) is 13.2. The molecule has 1 heterocycles.